The molecule has 0 aliphatic carbocycles. The average molecular weight is 169 g/mol. The molecule has 0 aromatic heterocycles. The molecule has 0 aromatic rings. The standard InChI is InChI=1S/C8H15N3O/c12-7-10-6-3-8(11-7)1-4-9-5-2-8/h9H,1-6H2,(H2,10,11,12). The van der Waals surface area contributed by atoms with Gasteiger partial charge in [-0.3, -0.25) is 0 Å². The summed E-state index contributed by atoms with van der Waals surface area (Å²) in [6, 6.07) is 0.00292. The Bertz CT molecular complexity index is 181. The van der Waals surface area contributed by atoms with Crippen LogP contribution >= 0.6 is 0 Å². The van der Waals surface area contributed by atoms with Crippen LogP contribution in [0.25, 0.3) is 0 Å². The van der Waals surface area contributed by atoms with E-state index >= 15 is 0 Å². The Morgan fingerprint density at radius 1 is 1.08 bits per heavy atom. The molecule has 2 amide bonds. The van der Waals surface area contributed by atoms with Crippen molar-refractivity contribution in [1.29, 1.82) is 0 Å². The summed E-state index contributed by atoms with van der Waals surface area (Å²) in [4.78, 5) is 11.1. The van der Waals surface area contributed by atoms with Crippen molar-refractivity contribution in [2.24, 2.45) is 0 Å². The lowest BCUT2D eigenvalue weighted by molar-refractivity contribution is 0.182. The molecule has 68 valence electrons. The Morgan fingerprint density at radius 3 is 2.42 bits per heavy atom. The number of hydrogen-bond donors (Lipinski definition) is 3. The first-order valence-electron chi connectivity index (χ1n) is 4.58. The molecule has 2 saturated heterocycles. The second-order valence-electron chi connectivity index (χ2n) is 3.66. The summed E-state index contributed by atoms with van der Waals surface area (Å²) in [6.45, 7) is 2.88. The zero-order valence-corrected chi connectivity index (χ0v) is 7.15. The molecular weight excluding hydrogens is 154 g/mol. The fourth-order valence-electron chi connectivity index (χ4n) is 2.04. The third-order valence-corrected chi connectivity index (χ3v) is 2.83. The molecule has 0 radical (unpaired) electrons. The van der Waals surface area contributed by atoms with E-state index in [1.165, 1.54) is 0 Å². The molecule has 2 heterocycles. The highest BCUT2D eigenvalue weighted by atomic mass is 16.2. The Balaban J connectivity index is 2.02. The third-order valence-electron chi connectivity index (χ3n) is 2.83. The maximum Gasteiger partial charge on any atom is 0.315 e. The first-order valence-corrected chi connectivity index (χ1v) is 4.58. The van der Waals surface area contributed by atoms with Gasteiger partial charge in [0.2, 0.25) is 0 Å². The summed E-state index contributed by atoms with van der Waals surface area (Å²) in [5, 5.41) is 9.12. The van der Waals surface area contributed by atoms with Crippen LogP contribution in [0.2, 0.25) is 0 Å². The maximum absolute atomic E-state index is 11.1. The largest absolute Gasteiger partial charge is 0.338 e. The lowest BCUT2D eigenvalue weighted by Crippen LogP contribution is -2.61. The minimum Gasteiger partial charge on any atom is -0.338 e. The second kappa shape index (κ2) is 2.94. The van der Waals surface area contributed by atoms with Gasteiger partial charge in [-0.2, -0.15) is 0 Å². The zero-order chi connectivity index (χ0) is 8.44. The third kappa shape index (κ3) is 1.39. The number of nitrogens with one attached hydrogen (secondary N) is 3. The second-order valence-corrected chi connectivity index (χ2v) is 3.66. The van der Waals surface area contributed by atoms with E-state index < -0.39 is 0 Å². The molecule has 2 aliphatic rings. The highest BCUT2D eigenvalue weighted by Crippen LogP contribution is 2.23. The van der Waals surface area contributed by atoms with Crippen LogP contribution in [0.3, 0.4) is 0 Å². The molecule has 2 fully saturated rings. The summed E-state index contributed by atoms with van der Waals surface area (Å²) >= 11 is 0. The highest BCUT2D eigenvalue weighted by molar-refractivity contribution is 5.75. The number of carbonyl (C=O) groups is 1. The number of hydrogen-bond acceptors (Lipinski definition) is 2. The molecule has 3 N–H and O–H groups in total. The van der Waals surface area contributed by atoms with E-state index in [1.807, 2.05) is 0 Å². The molecule has 0 bridgehead atoms. The van der Waals surface area contributed by atoms with Crippen LogP contribution in [-0.2, 0) is 0 Å². The highest BCUT2D eigenvalue weighted by Gasteiger charge is 2.35. The van der Waals surface area contributed by atoms with Crippen LogP contribution in [0.1, 0.15) is 19.3 Å². The molecule has 2 aliphatic heterocycles. The normalized spacial score (nSPS) is 27.8. The Labute approximate surface area is 72.1 Å². The Kier molecular flexibility index (Phi) is 1.92. The molecule has 12 heavy (non-hydrogen) atoms. The first-order chi connectivity index (χ1) is 5.81. The van der Waals surface area contributed by atoms with Gasteiger partial charge in [-0.25, -0.2) is 4.79 Å². The number of carbonyl (C=O) groups excluding carboxylic acids is 1. The summed E-state index contributed by atoms with van der Waals surface area (Å²) in [7, 11) is 0. The van der Waals surface area contributed by atoms with Gasteiger partial charge in [-0.15, -0.1) is 0 Å². The van der Waals surface area contributed by atoms with Gasteiger partial charge in [0, 0.05) is 12.1 Å². The predicted molar refractivity (Wildman–Crippen MR) is 46.0 cm³/mol. The Morgan fingerprint density at radius 2 is 1.75 bits per heavy atom. The van der Waals surface area contributed by atoms with E-state index in [-0.39, 0.29) is 11.6 Å². The number of urea groups is 1. The van der Waals surface area contributed by atoms with E-state index in [0.717, 1.165) is 38.9 Å². The van der Waals surface area contributed by atoms with Gasteiger partial charge >= 0.3 is 6.03 Å². The minimum absolute atomic E-state index is 0.00292. The lowest BCUT2D eigenvalue weighted by atomic mass is 9.84. The van der Waals surface area contributed by atoms with Gasteiger partial charge in [-0.05, 0) is 32.4 Å². The van der Waals surface area contributed by atoms with Crippen LogP contribution in [-0.4, -0.2) is 31.2 Å². The molecular formula is C8H15N3O. The van der Waals surface area contributed by atoms with Crippen LogP contribution in [0.15, 0.2) is 0 Å². The van der Waals surface area contributed by atoms with Crippen LogP contribution in [0, 0.1) is 0 Å². The van der Waals surface area contributed by atoms with Crippen LogP contribution in [0.5, 0.6) is 0 Å². The topological polar surface area (TPSA) is 53.2 Å². The Hall–Kier alpha value is -0.770. The smallest absolute Gasteiger partial charge is 0.315 e. The van der Waals surface area contributed by atoms with Crippen molar-refractivity contribution in [2.45, 2.75) is 24.8 Å². The van der Waals surface area contributed by atoms with Crippen LogP contribution in [0.4, 0.5) is 4.79 Å². The van der Waals surface area contributed by atoms with Crippen molar-refractivity contribution in [3.05, 3.63) is 0 Å². The van der Waals surface area contributed by atoms with E-state index in [0.29, 0.717) is 0 Å². The first kappa shape index (κ1) is 7.86. The molecule has 0 saturated carbocycles. The van der Waals surface area contributed by atoms with Gasteiger partial charge in [0.05, 0.1) is 0 Å². The van der Waals surface area contributed by atoms with E-state index in [4.69, 9.17) is 0 Å². The fourth-order valence-corrected chi connectivity index (χ4v) is 2.04. The number of rotatable bonds is 0. The summed E-state index contributed by atoms with van der Waals surface area (Å²) in [5.74, 6) is 0. The van der Waals surface area contributed by atoms with Crippen LogP contribution < -0.4 is 16.0 Å². The van der Waals surface area contributed by atoms with Gasteiger partial charge in [0.1, 0.15) is 0 Å². The zero-order valence-electron chi connectivity index (χ0n) is 7.15. The van der Waals surface area contributed by atoms with Crippen molar-refractivity contribution >= 4 is 6.03 Å². The lowest BCUT2D eigenvalue weighted by Gasteiger charge is -2.41. The van der Waals surface area contributed by atoms with Crippen molar-refractivity contribution < 1.29 is 4.79 Å². The number of amides is 2. The molecule has 0 atom stereocenters. The van der Waals surface area contributed by atoms with Crippen molar-refractivity contribution in [3.63, 3.8) is 0 Å². The molecule has 0 aromatic carbocycles. The molecule has 2 rings (SSSR count). The number of piperidine rings is 1. The summed E-state index contributed by atoms with van der Waals surface area (Å²) < 4.78 is 0. The SMILES string of the molecule is O=C1NCCC2(CCNCC2)N1. The maximum atomic E-state index is 11.1. The summed E-state index contributed by atoms with van der Waals surface area (Å²) in [5.41, 5.74) is 0.105. The van der Waals surface area contributed by atoms with Gasteiger partial charge < -0.3 is 16.0 Å². The monoisotopic (exact) mass is 169 g/mol. The summed E-state index contributed by atoms with van der Waals surface area (Å²) in [6.07, 6.45) is 3.21. The van der Waals surface area contributed by atoms with Gasteiger partial charge in [0.15, 0.2) is 0 Å². The fraction of sp³-hybridized carbons (Fsp3) is 0.875. The van der Waals surface area contributed by atoms with E-state index in [9.17, 15) is 4.79 Å². The predicted octanol–water partition coefficient (Wildman–Crippen LogP) is -0.189. The molecule has 1 spiro atoms. The van der Waals surface area contributed by atoms with Gasteiger partial charge in [0.25, 0.3) is 0 Å². The molecule has 0 unspecified atom stereocenters. The molecule has 4 nitrogen and oxygen atoms in total. The van der Waals surface area contributed by atoms with Crippen molar-refractivity contribution in [2.75, 3.05) is 19.6 Å². The molecule has 4 heteroatoms. The van der Waals surface area contributed by atoms with Crippen molar-refractivity contribution in [3.8, 4) is 0 Å². The van der Waals surface area contributed by atoms with E-state index in [2.05, 4.69) is 16.0 Å². The minimum atomic E-state index is 0.00292. The van der Waals surface area contributed by atoms with E-state index in [1.54, 1.807) is 0 Å². The quantitative estimate of drug-likeness (QED) is 0.471. The van der Waals surface area contributed by atoms with Crippen molar-refractivity contribution in [1.82, 2.24) is 16.0 Å². The van der Waals surface area contributed by atoms with Gasteiger partial charge in [-0.1, -0.05) is 0 Å². The average Bonchev–Trinajstić information content (AvgIpc) is 2.05.